The minimum atomic E-state index is 1.11. The zero-order valence-electron chi connectivity index (χ0n) is 10.3. The Balaban J connectivity index is 2.57. The van der Waals surface area contributed by atoms with E-state index in [4.69, 9.17) is 0 Å². The van der Waals surface area contributed by atoms with Crippen LogP contribution in [0.2, 0.25) is 0 Å². The number of benzene rings is 1. The Morgan fingerprint density at radius 1 is 1.06 bits per heavy atom. The molecule has 1 heteroatoms. The summed E-state index contributed by atoms with van der Waals surface area (Å²) in [7, 11) is 0. The molecular formula is C15H19N. The predicted molar refractivity (Wildman–Crippen MR) is 69.7 cm³/mol. The highest BCUT2D eigenvalue weighted by molar-refractivity contribution is 5.66. The average Bonchev–Trinajstić information content (AvgIpc) is 2.81. The molecule has 1 N–H and O–H groups in total. The van der Waals surface area contributed by atoms with Crippen molar-refractivity contribution in [1.82, 2.24) is 4.98 Å². The molecule has 2 rings (SSSR count). The van der Waals surface area contributed by atoms with Crippen LogP contribution in [0, 0.1) is 6.92 Å². The lowest BCUT2D eigenvalue weighted by Crippen LogP contribution is -1.97. The first-order valence-corrected chi connectivity index (χ1v) is 6.03. The van der Waals surface area contributed by atoms with Crippen LogP contribution in [0.15, 0.2) is 30.5 Å². The van der Waals surface area contributed by atoms with E-state index in [0.717, 1.165) is 12.8 Å². The molecular weight excluding hydrogens is 194 g/mol. The summed E-state index contributed by atoms with van der Waals surface area (Å²) in [5.74, 6) is 0. The third kappa shape index (κ3) is 1.78. The van der Waals surface area contributed by atoms with Gasteiger partial charge in [-0.15, -0.1) is 0 Å². The molecule has 0 aliphatic carbocycles. The molecule has 0 amide bonds. The fourth-order valence-electron chi connectivity index (χ4n) is 2.43. The van der Waals surface area contributed by atoms with Crippen LogP contribution in [-0.4, -0.2) is 4.98 Å². The second kappa shape index (κ2) is 4.56. The second-order valence-electron chi connectivity index (χ2n) is 4.17. The number of aromatic nitrogens is 1. The molecule has 1 heterocycles. The van der Waals surface area contributed by atoms with Crippen LogP contribution in [0.4, 0.5) is 0 Å². The molecule has 0 spiro atoms. The van der Waals surface area contributed by atoms with E-state index in [9.17, 15) is 0 Å². The molecule has 84 valence electrons. The molecule has 0 unspecified atom stereocenters. The molecule has 1 aromatic heterocycles. The summed E-state index contributed by atoms with van der Waals surface area (Å²) < 4.78 is 0. The van der Waals surface area contributed by atoms with Crippen molar-refractivity contribution in [3.05, 3.63) is 47.2 Å². The number of aromatic amines is 1. The van der Waals surface area contributed by atoms with Crippen LogP contribution in [0.5, 0.6) is 0 Å². The summed E-state index contributed by atoms with van der Waals surface area (Å²) in [5.41, 5.74) is 6.96. The zero-order valence-corrected chi connectivity index (χ0v) is 10.3. The third-order valence-electron chi connectivity index (χ3n) is 3.32. The smallest absolute Gasteiger partial charge is 0.0456 e. The van der Waals surface area contributed by atoms with Gasteiger partial charge in [-0.05, 0) is 48.6 Å². The molecule has 2 aromatic rings. The van der Waals surface area contributed by atoms with Gasteiger partial charge in [0, 0.05) is 17.5 Å². The number of hydrogen-bond acceptors (Lipinski definition) is 0. The van der Waals surface area contributed by atoms with Crippen molar-refractivity contribution in [2.24, 2.45) is 0 Å². The van der Waals surface area contributed by atoms with E-state index in [-0.39, 0.29) is 0 Å². The molecule has 0 aliphatic rings. The van der Waals surface area contributed by atoms with Gasteiger partial charge in [-0.25, -0.2) is 0 Å². The third-order valence-corrected chi connectivity index (χ3v) is 3.32. The van der Waals surface area contributed by atoms with Gasteiger partial charge in [-0.1, -0.05) is 26.0 Å². The van der Waals surface area contributed by atoms with Gasteiger partial charge < -0.3 is 4.98 Å². The van der Waals surface area contributed by atoms with E-state index in [1.807, 2.05) is 12.3 Å². The van der Waals surface area contributed by atoms with Gasteiger partial charge >= 0.3 is 0 Å². The van der Waals surface area contributed by atoms with Crippen LogP contribution < -0.4 is 0 Å². The standard InChI is InChI=1S/C15H19N/c1-4-12-8-9-14(11(3)13(12)5-2)15-7-6-10-16-15/h6-10,16H,4-5H2,1-3H3. The molecule has 1 aromatic carbocycles. The molecule has 1 nitrogen and oxygen atoms in total. The van der Waals surface area contributed by atoms with Gasteiger partial charge in [-0.3, -0.25) is 0 Å². The number of hydrogen-bond donors (Lipinski definition) is 1. The summed E-state index contributed by atoms with van der Waals surface area (Å²) in [6.45, 7) is 6.69. The van der Waals surface area contributed by atoms with Crippen molar-refractivity contribution in [1.29, 1.82) is 0 Å². The van der Waals surface area contributed by atoms with Gasteiger partial charge in [0.05, 0.1) is 0 Å². The van der Waals surface area contributed by atoms with Gasteiger partial charge in [0.2, 0.25) is 0 Å². The fraction of sp³-hybridized carbons (Fsp3) is 0.333. The number of rotatable bonds is 3. The lowest BCUT2D eigenvalue weighted by Gasteiger charge is -2.13. The Morgan fingerprint density at radius 3 is 2.44 bits per heavy atom. The lowest BCUT2D eigenvalue weighted by atomic mass is 9.93. The van der Waals surface area contributed by atoms with E-state index in [2.05, 4.69) is 44.0 Å². The molecule has 0 bridgehead atoms. The Labute approximate surface area is 97.5 Å². The van der Waals surface area contributed by atoms with Crippen molar-refractivity contribution in [2.45, 2.75) is 33.6 Å². The molecule has 0 saturated carbocycles. The van der Waals surface area contributed by atoms with Gasteiger partial charge in [0.15, 0.2) is 0 Å². The lowest BCUT2D eigenvalue weighted by molar-refractivity contribution is 1.02. The van der Waals surface area contributed by atoms with E-state index >= 15 is 0 Å². The highest BCUT2D eigenvalue weighted by Gasteiger charge is 2.09. The van der Waals surface area contributed by atoms with E-state index in [1.54, 1.807) is 0 Å². The quantitative estimate of drug-likeness (QED) is 0.789. The van der Waals surface area contributed by atoms with E-state index in [1.165, 1.54) is 27.9 Å². The summed E-state index contributed by atoms with van der Waals surface area (Å²) in [5, 5.41) is 0. The first-order chi connectivity index (χ1) is 7.77. The minimum Gasteiger partial charge on any atom is -0.361 e. The number of aryl methyl sites for hydroxylation is 1. The Morgan fingerprint density at radius 2 is 1.88 bits per heavy atom. The largest absolute Gasteiger partial charge is 0.361 e. The van der Waals surface area contributed by atoms with Crippen LogP contribution >= 0.6 is 0 Å². The summed E-state index contributed by atoms with van der Waals surface area (Å²) in [4.78, 5) is 3.28. The summed E-state index contributed by atoms with van der Waals surface area (Å²) in [6, 6.07) is 8.68. The monoisotopic (exact) mass is 213 g/mol. The zero-order chi connectivity index (χ0) is 11.5. The molecule has 0 radical (unpaired) electrons. The highest BCUT2D eigenvalue weighted by Crippen LogP contribution is 2.27. The van der Waals surface area contributed by atoms with Gasteiger partial charge in [0.25, 0.3) is 0 Å². The van der Waals surface area contributed by atoms with Crippen LogP contribution in [-0.2, 0) is 12.8 Å². The van der Waals surface area contributed by atoms with E-state index in [0.29, 0.717) is 0 Å². The van der Waals surface area contributed by atoms with Crippen LogP contribution in [0.3, 0.4) is 0 Å². The van der Waals surface area contributed by atoms with Crippen LogP contribution in [0.1, 0.15) is 30.5 Å². The first-order valence-electron chi connectivity index (χ1n) is 6.03. The Hall–Kier alpha value is -1.50. The Kier molecular flexibility index (Phi) is 3.14. The molecule has 16 heavy (non-hydrogen) atoms. The summed E-state index contributed by atoms with van der Waals surface area (Å²) >= 11 is 0. The maximum atomic E-state index is 3.28. The molecule has 0 fully saturated rings. The van der Waals surface area contributed by atoms with Crippen molar-refractivity contribution < 1.29 is 0 Å². The summed E-state index contributed by atoms with van der Waals surface area (Å²) in [6.07, 6.45) is 4.21. The van der Waals surface area contributed by atoms with Crippen LogP contribution in [0.25, 0.3) is 11.3 Å². The molecule has 0 saturated heterocycles. The Bertz CT molecular complexity index is 466. The number of H-pyrrole nitrogens is 1. The fourth-order valence-corrected chi connectivity index (χ4v) is 2.43. The molecule has 0 atom stereocenters. The predicted octanol–water partition coefficient (Wildman–Crippen LogP) is 4.11. The van der Waals surface area contributed by atoms with Crippen molar-refractivity contribution in [3.8, 4) is 11.3 Å². The van der Waals surface area contributed by atoms with Crippen molar-refractivity contribution in [3.63, 3.8) is 0 Å². The normalized spacial score (nSPS) is 10.7. The van der Waals surface area contributed by atoms with Crippen molar-refractivity contribution in [2.75, 3.05) is 0 Å². The average molecular weight is 213 g/mol. The van der Waals surface area contributed by atoms with Gasteiger partial charge in [0.1, 0.15) is 0 Å². The highest BCUT2D eigenvalue weighted by atomic mass is 14.7. The number of nitrogens with one attached hydrogen (secondary N) is 1. The maximum Gasteiger partial charge on any atom is 0.0456 e. The van der Waals surface area contributed by atoms with Gasteiger partial charge in [-0.2, -0.15) is 0 Å². The topological polar surface area (TPSA) is 15.8 Å². The van der Waals surface area contributed by atoms with Crippen molar-refractivity contribution >= 4 is 0 Å². The first kappa shape index (κ1) is 11.0. The maximum absolute atomic E-state index is 3.28. The SMILES string of the molecule is CCc1ccc(-c2ccc[nH]2)c(C)c1CC. The second-order valence-corrected chi connectivity index (χ2v) is 4.17. The minimum absolute atomic E-state index is 1.11. The van der Waals surface area contributed by atoms with E-state index < -0.39 is 0 Å². The molecule has 0 aliphatic heterocycles.